The first kappa shape index (κ1) is 14.0. The number of fused-ring (bicyclic) bond motifs is 2. The number of esters is 1. The molecule has 6 heteroatoms. The summed E-state index contributed by atoms with van der Waals surface area (Å²) >= 11 is 0. The lowest BCUT2D eigenvalue weighted by atomic mass is 9.85. The molecular weight excluding hydrogens is 296 g/mol. The van der Waals surface area contributed by atoms with Gasteiger partial charge in [0.1, 0.15) is 5.76 Å². The van der Waals surface area contributed by atoms with Crippen molar-refractivity contribution in [3.8, 4) is 0 Å². The molecule has 0 bridgehead atoms. The van der Waals surface area contributed by atoms with E-state index in [1.165, 1.54) is 0 Å². The minimum absolute atomic E-state index is 0.193. The van der Waals surface area contributed by atoms with Gasteiger partial charge in [0.2, 0.25) is 0 Å². The van der Waals surface area contributed by atoms with Crippen molar-refractivity contribution in [3.05, 3.63) is 52.9 Å². The molecule has 1 saturated heterocycles. The number of benzene rings is 1. The molecule has 6 nitrogen and oxygen atoms in total. The van der Waals surface area contributed by atoms with Gasteiger partial charge in [0.25, 0.3) is 5.91 Å². The van der Waals surface area contributed by atoms with E-state index in [4.69, 9.17) is 9.26 Å². The Hall–Kier alpha value is -2.63. The third-order valence-corrected chi connectivity index (χ3v) is 4.52. The molecule has 1 fully saturated rings. The Kier molecular flexibility index (Phi) is 3.01. The van der Waals surface area contributed by atoms with Crippen molar-refractivity contribution >= 4 is 11.9 Å². The van der Waals surface area contributed by atoms with Crippen LogP contribution in [0.2, 0.25) is 0 Å². The van der Waals surface area contributed by atoms with E-state index in [-0.39, 0.29) is 17.6 Å². The number of aromatic nitrogens is 1. The maximum Gasteiger partial charge on any atom is 0.339 e. The van der Waals surface area contributed by atoms with E-state index < -0.39 is 5.60 Å². The zero-order valence-electron chi connectivity index (χ0n) is 12.7. The normalized spacial score (nSPS) is 23.0. The van der Waals surface area contributed by atoms with E-state index in [1.807, 2.05) is 18.2 Å². The zero-order valence-corrected chi connectivity index (χ0v) is 12.7. The standard InChI is InChI=1S/C17H16N2O4/c1-11-9-14(18-23-11)15(20)19-8-4-7-17(10-19)13-6-3-2-5-12(13)16(21)22-17/h2-3,5-6,9H,4,7-8,10H2,1H3. The van der Waals surface area contributed by atoms with Crippen LogP contribution in [0.15, 0.2) is 34.9 Å². The minimum atomic E-state index is -0.736. The summed E-state index contributed by atoms with van der Waals surface area (Å²) in [4.78, 5) is 26.4. The number of carbonyl (C=O) groups is 2. The summed E-state index contributed by atoms with van der Waals surface area (Å²) < 4.78 is 10.7. The Bertz CT molecular complexity index is 797. The molecule has 0 aliphatic carbocycles. The monoisotopic (exact) mass is 312 g/mol. The highest BCUT2D eigenvalue weighted by Gasteiger charge is 2.48. The summed E-state index contributed by atoms with van der Waals surface area (Å²) in [6.07, 6.45) is 1.49. The van der Waals surface area contributed by atoms with Gasteiger partial charge < -0.3 is 14.2 Å². The Labute approximate surface area is 133 Å². The second kappa shape index (κ2) is 4.94. The first-order valence-electron chi connectivity index (χ1n) is 7.64. The second-order valence-corrected chi connectivity index (χ2v) is 6.08. The average molecular weight is 312 g/mol. The van der Waals surface area contributed by atoms with E-state index in [9.17, 15) is 9.59 Å². The maximum absolute atomic E-state index is 12.6. The molecule has 1 aromatic carbocycles. The number of likely N-dealkylation sites (tertiary alicyclic amines) is 1. The first-order valence-corrected chi connectivity index (χ1v) is 7.64. The predicted molar refractivity (Wildman–Crippen MR) is 79.9 cm³/mol. The highest BCUT2D eigenvalue weighted by Crippen LogP contribution is 2.42. The summed E-state index contributed by atoms with van der Waals surface area (Å²) in [5.74, 6) is 0.0891. The van der Waals surface area contributed by atoms with Crippen molar-refractivity contribution in [1.29, 1.82) is 0 Å². The third-order valence-electron chi connectivity index (χ3n) is 4.52. The average Bonchev–Trinajstić information content (AvgIpc) is 3.10. The molecule has 0 N–H and O–H groups in total. The summed E-state index contributed by atoms with van der Waals surface area (Å²) in [5, 5.41) is 3.79. The molecule has 4 rings (SSSR count). The number of hydrogen-bond donors (Lipinski definition) is 0. The molecule has 1 aromatic heterocycles. The summed E-state index contributed by atoms with van der Waals surface area (Å²) in [6, 6.07) is 9.02. The summed E-state index contributed by atoms with van der Waals surface area (Å²) in [5.41, 5.74) is 1.02. The fourth-order valence-electron chi connectivity index (χ4n) is 3.47. The molecule has 2 aliphatic heterocycles. The van der Waals surface area contributed by atoms with Gasteiger partial charge in [0, 0.05) is 18.2 Å². The minimum Gasteiger partial charge on any atom is -0.449 e. The van der Waals surface area contributed by atoms with Crippen molar-refractivity contribution < 1.29 is 18.8 Å². The maximum atomic E-state index is 12.6. The van der Waals surface area contributed by atoms with Crippen molar-refractivity contribution in [1.82, 2.24) is 10.1 Å². The highest BCUT2D eigenvalue weighted by molar-refractivity contribution is 5.95. The van der Waals surface area contributed by atoms with Gasteiger partial charge in [-0.3, -0.25) is 4.79 Å². The Balaban J connectivity index is 1.66. The van der Waals surface area contributed by atoms with Gasteiger partial charge >= 0.3 is 5.97 Å². The van der Waals surface area contributed by atoms with Crippen LogP contribution in [-0.2, 0) is 10.3 Å². The fraction of sp³-hybridized carbons (Fsp3) is 0.353. The van der Waals surface area contributed by atoms with Crippen molar-refractivity contribution in [3.63, 3.8) is 0 Å². The molecule has 118 valence electrons. The fourth-order valence-corrected chi connectivity index (χ4v) is 3.47. The van der Waals surface area contributed by atoms with E-state index in [2.05, 4.69) is 5.16 Å². The first-order chi connectivity index (χ1) is 11.1. The molecule has 0 radical (unpaired) electrons. The third kappa shape index (κ3) is 2.13. The Morgan fingerprint density at radius 2 is 2.17 bits per heavy atom. The topological polar surface area (TPSA) is 72.6 Å². The molecule has 1 spiro atoms. The number of piperidine rings is 1. The predicted octanol–water partition coefficient (Wildman–Crippen LogP) is 2.28. The number of carbonyl (C=O) groups excluding carboxylic acids is 2. The van der Waals surface area contributed by atoms with Crippen LogP contribution in [0.3, 0.4) is 0 Å². The number of amides is 1. The summed E-state index contributed by atoms with van der Waals surface area (Å²) in [7, 11) is 0. The van der Waals surface area contributed by atoms with E-state index >= 15 is 0 Å². The number of nitrogens with zero attached hydrogens (tertiary/aromatic N) is 2. The van der Waals surface area contributed by atoms with Crippen LogP contribution < -0.4 is 0 Å². The molecular formula is C17H16N2O4. The molecule has 1 unspecified atom stereocenters. The van der Waals surface area contributed by atoms with Crippen molar-refractivity contribution in [2.75, 3.05) is 13.1 Å². The van der Waals surface area contributed by atoms with Crippen LogP contribution in [0, 0.1) is 6.92 Å². The molecule has 0 saturated carbocycles. The van der Waals surface area contributed by atoms with Gasteiger partial charge in [0.05, 0.1) is 12.1 Å². The van der Waals surface area contributed by atoms with Crippen molar-refractivity contribution in [2.24, 2.45) is 0 Å². The van der Waals surface area contributed by atoms with Gasteiger partial charge in [0.15, 0.2) is 11.3 Å². The van der Waals surface area contributed by atoms with Crippen LogP contribution >= 0.6 is 0 Å². The number of hydrogen-bond acceptors (Lipinski definition) is 5. The van der Waals surface area contributed by atoms with Gasteiger partial charge in [-0.15, -0.1) is 0 Å². The summed E-state index contributed by atoms with van der Waals surface area (Å²) in [6.45, 7) is 2.71. The number of aryl methyl sites for hydroxylation is 1. The Morgan fingerprint density at radius 1 is 1.35 bits per heavy atom. The molecule has 1 amide bonds. The lowest BCUT2D eigenvalue weighted by Gasteiger charge is -2.39. The number of rotatable bonds is 1. The molecule has 2 aromatic rings. The SMILES string of the molecule is Cc1cc(C(=O)N2CCCC3(C2)OC(=O)c2ccccc23)no1. The second-order valence-electron chi connectivity index (χ2n) is 6.08. The van der Waals surface area contributed by atoms with Crippen molar-refractivity contribution in [2.45, 2.75) is 25.4 Å². The van der Waals surface area contributed by atoms with E-state index in [0.29, 0.717) is 24.4 Å². The molecule has 3 heterocycles. The van der Waals surface area contributed by atoms with E-state index in [1.54, 1.807) is 24.0 Å². The van der Waals surface area contributed by atoms with Crippen LogP contribution in [0.5, 0.6) is 0 Å². The molecule has 1 atom stereocenters. The lowest BCUT2D eigenvalue weighted by Crippen LogP contribution is -2.48. The van der Waals surface area contributed by atoms with Crippen LogP contribution in [0.1, 0.15) is 45.0 Å². The van der Waals surface area contributed by atoms with Crippen LogP contribution in [0.4, 0.5) is 0 Å². The molecule has 23 heavy (non-hydrogen) atoms. The van der Waals surface area contributed by atoms with Gasteiger partial charge in [-0.2, -0.15) is 0 Å². The van der Waals surface area contributed by atoms with Gasteiger partial charge in [-0.1, -0.05) is 23.4 Å². The van der Waals surface area contributed by atoms with E-state index in [0.717, 1.165) is 18.4 Å². The van der Waals surface area contributed by atoms with Gasteiger partial charge in [-0.05, 0) is 25.8 Å². The zero-order chi connectivity index (χ0) is 16.0. The van der Waals surface area contributed by atoms with Gasteiger partial charge in [-0.25, -0.2) is 4.79 Å². The quantitative estimate of drug-likeness (QED) is 0.755. The number of ether oxygens (including phenoxy) is 1. The molecule has 2 aliphatic rings. The largest absolute Gasteiger partial charge is 0.449 e. The smallest absolute Gasteiger partial charge is 0.339 e. The lowest BCUT2D eigenvalue weighted by molar-refractivity contribution is -0.0443. The van der Waals surface area contributed by atoms with Crippen LogP contribution in [-0.4, -0.2) is 35.0 Å². The van der Waals surface area contributed by atoms with Crippen LogP contribution in [0.25, 0.3) is 0 Å². The Morgan fingerprint density at radius 3 is 2.96 bits per heavy atom. The highest BCUT2D eigenvalue weighted by atomic mass is 16.6.